The van der Waals surface area contributed by atoms with Crippen molar-refractivity contribution in [2.45, 2.75) is 46.2 Å². The standard InChI is InChI=1S/C15H23N5/c1-5-6-20-15(17-10-18-20)9-14(16-4)13-7-11(2)19-12(3)8-13/h7-8,10,14,16H,5-6,9H2,1-4H3. The molecular formula is C15H23N5. The average Bonchev–Trinajstić information content (AvgIpc) is 2.82. The second-order valence-electron chi connectivity index (χ2n) is 5.13. The summed E-state index contributed by atoms with van der Waals surface area (Å²) in [6.07, 6.45) is 3.54. The molecule has 2 aromatic heterocycles. The molecule has 0 aliphatic carbocycles. The minimum Gasteiger partial charge on any atom is -0.313 e. The van der Waals surface area contributed by atoms with Crippen molar-refractivity contribution in [3.8, 4) is 0 Å². The molecule has 0 spiro atoms. The van der Waals surface area contributed by atoms with Gasteiger partial charge in [0.2, 0.25) is 0 Å². The predicted molar refractivity (Wildman–Crippen MR) is 79.5 cm³/mol. The highest BCUT2D eigenvalue weighted by atomic mass is 15.3. The van der Waals surface area contributed by atoms with Crippen LogP contribution < -0.4 is 5.32 Å². The maximum Gasteiger partial charge on any atom is 0.138 e. The van der Waals surface area contributed by atoms with E-state index in [0.717, 1.165) is 36.6 Å². The van der Waals surface area contributed by atoms with Crippen LogP contribution >= 0.6 is 0 Å². The molecular weight excluding hydrogens is 250 g/mol. The third-order valence-corrected chi connectivity index (χ3v) is 3.37. The van der Waals surface area contributed by atoms with Crippen LogP contribution in [0, 0.1) is 13.8 Å². The Labute approximate surface area is 120 Å². The average molecular weight is 273 g/mol. The highest BCUT2D eigenvalue weighted by Gasteiger charge is 2.15. The molecule has 1 atom stereocenters. The zero-order chi connectivity index (χ0) is 14.5. The zero-order valence-electron chi connectivity index (χ0n) is 12.7. The van der Waals surface area contributed by atoms with Crippen molar-refractivity contribution in [1.82, 2.24) is 25.1 Å². The number of aromatic nitrogens is 4. The monoisotopic (exact) mass is 273 g/mol. The molecule has 0 bridgehead atoms. The van der Waals surface area contributed by atoms with Gasteiger partial charge in [0.05, 0.1) is 0 Å². The molecule has 0 fully saturated rings. The van der Waals surface area contributed by atoms with E-state index in [2.05, 4.69) is 39.4 Å². The van der Waals surface area contributed by atoms with Crippen LogP contribution in [0.5, 0.6) is 0 Å². The van der Waals surface area contributed by atoms with Gasteiger partial charge in [0, 0.05) is 30.4 Å². The molecule has 5 heteroatoms. The summed E-state index contributed by atoms with van der Waals surface area (Å²) in [7, 11) is 1.98. The van der Waals surface area contributed by atoms with Gasteiger partial charge in [-0.25, -0.2) is 4.98 Å². The maximum atomic E-state index is 4.43. The molecule has 0 amide bonds. The van der Waals surface area contributed by atoms with Crippen molar-refractivity contribution >= 4 is 0 Å². The molecule has 2 heterocycles. The number of pyridine rings is 1. The molecule has 20 heavy (non-hydrogen) atoms. The summed E-state index contributed by atoms with van der Waals surface area (Å²) in [5, 5.41) is 7.66. The second kappa shape index (κ2) is 6.61. The lowest BCUT2D eigenvalue weighted by molar-refractivity contribution is 0.516. The fourth-order valence-electron chi connectivity index (χ4n) is 2.48. The summed E-state index contributed by atoms with van der Waals surface area (Å²) in [6.45, 7) is 7.13. The summed E-state index contributed by atoms with van der Waals surface area (Å²) in [4.78, 5) is 8.82. The Morgan fingerprint density at radius 3 is 2.55 bits per heavy atom. The number of rotatable bonds is 6. The van der Waals surface area contributed by atoms with Crippen LogP contribution in [-0.2, 0) is 13.0 Å². The number of aryl methyl sites for hydroxylation is 3. The van der Waals surface area contributed by atoms with Crippen LogP contribution in [0.15, 0.2) is 18.5 Å². The van der Waals surface area contributed by atoms with Gasteiger partial charge in [0.1, 0.15) is 12.2 Å². The Balaban J connectivity index is 2.22. The minimum absolute atomic E-state index is 0.232. The van der Waals surface area contributed by atoms with E-state index in [1.165, 1.54) is 5.56 Å². The second-order valence-corrected chi connectivity index (χ2v) is 5.13. The van der Waals surface area contributed by atoms with Crippen LogP contribution in [-0.4, -0.2) is 26.8 Å². The number of likely N-dealkylation sites (N-methyl/N-ethyl adjacent to an activating group) is 1. The third-order valence-electron chi connectivity index (χ3n) is 3.37. The van der Waals surface area contributed by atoms with E-state index in [9.17, 15) is 0 Å². The van der Waals surface area contributed by atoms with Gasteiger partial charge in [-0.3, -0.25) is 9.67 Å². The van der Waals surface area contributed by atoms with Gasteiger partial charge >= 0.3 is 0 Å². The van der Waals surface area contributed by atoms with Gasteiger partial charge < -0.3 is 5.32 Å². The molecule has 0 aliphatic heterocycles. The molecule has 0 aromatic carbocycles. The molecule has 0 radical (unpaired) electrons. The Bertz CT molecular complexity index is 541. The van der Waals surface area contributed by atoms with Gasteiger partial charge in [-0.1, -0.05) is 6.92 Å². The van der Waals surface area contributed by atoms with E-state index in [0.29, 0.717) is 0 Å². The minimum atomic E-state index is 0.232. The maximum absolute atomic E-state index is 4.43. The van der Waals surface area contributed by atoms with Crippen LogP contribution in [0.25, 0.3) is 0 Å². The molecule has 108 valence electrons. The highest BCUT2D eigenvalue weighted by molar-refractivity contribution is 5.24. The highest BCUT2D eigenvalue weighted by Crippen LogP contribution is 2.18. The molecule has 0 aliphatic rings. The SMILES string of the molecule is CCCn1ncnc1CC(NC)c1cc(C)nc(C)c1. The zero-order valence-corrected chi connectivity index (χ0v) is 12.7. The Hall–Kier alpha value is -1.75. The van der Waals surface area contributed by atoms with Gasteiger partial charge in [-0.15, -0.1) is 0 Å². The molecule has 2 aromatic rings. The van der Waals surface area contributed by atoms with E-state index in [-0.39, 0.29) is 6.04 Å². The van der Waals surface area contributed by atoms with Crippen molar-refractivity contribution in [2.24, 2.45) is 0 Å². The van der Waals surface area contributed by atoms with E-state index in [4.69, 9.17) is 0 Å². The van der Waals surface area contributed by atoms with Crippen LogP contribution in [0.1, 0.15) is 42.2 Å². The fraction of sp³-hybridized carbons (Fsp3) is 0.533. The van der Waals surface area contributed by atoms with E-state index in [1.54, 1.807) is 6.33 Å². The number of nitrogens with zero attached hydrogens (tertiary/aromatic N) is 4. The number of hydrogen-bond donors (Lipinski definition) is 1. The third kappa shape index (κ3) is 3.42. The number of nitrogens with one attached hydrogen (secondary N) is 1. The van der Waals surface area contributed by atoms with E-state index in [1.807, 2.05) is 25.6 Å². The summed E-state index contributed by atoms with van der Waals surface area (Å²) >= 11 is 0. The van der Waals surface area contributed by atoms with Crippen molar-refractivity contribution in [2.75, 3.05) is 7.05 Å². The van der Waals surface area contributed by atoms with Crippen LogP contribution in [0.4, 0.5) is 0 Å². The molecule has 0 saturated carbocycles. The van der Waals surface area contributed by atoms with E-state index < -0.39 is 0 Å². The molecule has 1 N–H and O–H groups in total. The Morgan fingerprint density at radius 2 is 1.95 bits per heavy atom. The van der Waals surface area contributed by atoms with Crippen molar-refractivity contribution < 1.29 is 0 Å². The summed E-state index contributed by atoms with van der Waals surface area (Å²) in [5.74, 6) is 1.03. The first-order valence-electron chi connectivity index (χ1n) is 7.13. The van der Waals surface area contributed by atoms with Gasteiger partial charge in [-0.2, -0.15) is 5.10 Å². The largest absolute Gasteiger partial charge is 0.313 e. The lowest BCUT2D eigenvalue weighted by Crippen LogP contribution is -2.21. The molecule has 5 nitrogen and oxygen atoms in total. The normalized spacial score (nSPS) is 12.6. The molecule has 1 unspecified atom stereocenters. The smallest absolute Gasteiger partial charge is 0.138 e. The first kappa shape index (κ1) is 14.7. The lowest BCUT2D eigenvalue weighted by atomic mass is 10.0. The summed E-state index contributed by atoms with van der Waals surface area (Å²) < 4.78 is 1.99. The lowest BCUT2D eigenvalue weighted by Gasteiger charge is -2.17. The van der Waals surface area contributed by atoms with Gasteiger partial charge in [0.15, 0.2) is 0 Å². The first-order valence-corrected chi connectivity index (χ1v) is 7.13. The van der Waals surface area contributed by atoms with Crippen molar-refractivity contribution in [1.29, 1.82) is 0 Å². The van der Waals surface area contributed by atoms with E-state index >= 15 is 0 Å². The molecule has 0 saturated heterocycles. The topological polar surface area (TPSA) is 55.6 Å². The van der Waals surface area contributed by atoms with Crippen molar-refractivity contribution in [3.63, 3.8) is 0 Å². The van der Waals surface area contributed by atoms with Gasteiger partial charge in [0.25, 0.3) is 0 Å². The Kier molecular flexibility index (Phi) is 4.84. The summed E-state index contributed by atoms with van der Waals surface area (Å²) in [5.41, 5.74) is 3.36. The predicted octanol–water partition coefficient (Wildman–Crippen LogP) is 2.20. The molecule has 2 rings (SSSR count). The quantitative estimate of drug-likeness (QED) is 0.876. The Morgan fingerprint density at radius 1 is 1.25 bits per heavy atom. The number of hydrogen-bond acceptors (Lipinski definition) is 4. The van der Waals surface area contributed by atoms with Crippen LogP contribution in [0.3, 0.4) is 0 Å². The fourth-order valence-corrected chi connectivity index (χ4v) is 2.48. The van der Waals surface area contributed by atoms with Gasteiger partial charge in [-0.05, 0) is 45.0 Å². The van der Waals surface area contributed by atoms with Crippen molar-refractivity contribution in [3.05, 3.63) is 41.2 Å². The first-order chi connectivity index (χ1) is 9.63. The van der Waals surface area contributed by atoms with Crippen LogP contribution in [0.2, 0.25) is 0 Å². The summed E-state index contributed by atoms with van der Waals surface area (Å²) in [6, 6.07) is 4.50.